The van der Waals surface area contributed by atoms with E-state index in [2.05, 4.69) is 15.4 Å². The number of aromatic nitrogens is 3. The van der Waals surface area contributed by atoms with Crippen LogP contribution in [0.5, 0.6) is 0 Å². The van der Waals surface area contributed by atoms with Crippen LogP contribution in [0.2, 0.25) is 0 Å². The first kappa shape index (κ1) is 19.1. The summed E-state index contributed by atoms with van der Waals surface area (Å²) in [5, 5.41) is 17.3. The molecule has 5 nitrogen and oxygen atoms in total. The standard InChI is InChI=1S/C19H19F3N4OS/c20-19(21,22)28-15-3-1-2-13(9-15)16-10-18-23-7-6-17(26(18)25-16)24-14-5-4-12(8-14)11-27/h1-3,6-7,9-10,12,14,24,27H,4-5,8,11H2/t12-,14?/m1/s1. The van der Waals surface area contributed by atoms with E-state index in [1.807, 2.05) is 6.07 Å². The molecule has 1 saturated carbocycles. The number of anilines is 1. The van der Waals surface area contributed by atoms with Crippen molar-refractivity contribution >= 4 is 23.2 Å². The maximum Gasteiger partial charge on any atom is 0.446 e. The minimum atomic E-state index is -4.33. The van der Waals surface area contributed by atoms with Gasteiger partial charge in [0.1, 0.15) is 5.82 Å². The first-order valence-electron chi connectivity index (χ1n) is 8.99. The highest BCUT2D eigenvalue weighted by molar-refractivity contribution is 8.00. The summed E-state index contributed by atoms with van der Waals surface area (Å²) in [4.78, 5) is 4.43. The molecule has 1 fully saturated rings. The molecule has 1 aromatic carbocycles. The van der Waals surface area contributed by atoms with Crippen molar-refractivity contribution in [3.05, 3.63) is 42.6 Å². The van der Waals surface area contributed by atoms with Gasteiger partial charge in [-0.3, -0.25) is 0 Å². The molecule has 3 aromatic rings. The number of aliphatic hydroxyl groups excluding tert-OH is 1. The third-order valence-electron chi connectivity index (χ3n) is 4.87. The Hall–Kier alpha value is -2.26. The quantitative estimate of drug-likeness (QED) is 0.605. The molecule has 0 spiro atoms. The van der Waals surface area contributed by atoms with Crippen LogP contribution in [0.1, 0.15) is 19.3 Å². The monoisotopic (exact) mass is 408 g/mol. The Bertz CT molecular complexity index is 975. The van der Waals surface area contributed by atoms with E-state index in [0.29, 0.717) is 22.8 Å². The summed E-state index contributed by atoms with van der Waals surface area (Å²) >= 11 is -0.140. The summed E-state index contributed by atoms with van der Waals surface area (Å²) in [7, 11) is 0. The second-order valence-corrected chi connectivity index (χ2v) is 8.05. The van der Waals surface area contributed by atoms with Gasteiger partial charge in [0.05, 0.1) is 5.69 Å². The van der Waals surface area contributed by atoms with Gasteiger partial charge < -0.3 is 10.4 Å². The lowest BCUT2D eigenvalue weighted by molar-refractivity contribution is -0.0328. The number of halogens is 3. The van der Waals surface area contributed by atoms with Gasteiger partial charge >= 0.3 is 5.51 Å². The molecule has 4 rings (SSSR count). The van der Waals surface area contributed by atoms with Gasteiger partial charge in [0.15, 0.2) is 5.65 Å². The predicted octanol–water partition coefficient (Wildman–Crippen LogP) is 4.58. The summed E-state index contributed by atoms with van der Waals surface area (Å²) in [5.74, 6) is 1.09. The molecule has 2 heterocycles. The normalized spacial score (nSPS) is 20.0. The zero-order chi connectivity index (χ0) is 19.7. The van der Waals surface area contributed by atoms with Crippen LogP contribution >= 0.6 is 11.8 Å². The third-order valence-corrected chi connectivity index (χ3v) is 5.59. The number of thioether (sulfide) groups is 1. The second-order valence-electron chi connectivity index (χ2n) is 6.91. The van der Waals surface area contributed by atoms with Crippen molar-refractivity contribution in [3.63, 3.8) is 0 Å². The molecule has 0 bridgehead atoms. The lowest BCUT2D eigenvalue weighted by Crippen LogP contribution is -2.18. The van der Waals surface area contributed by atoms with Gasteiger partial charge in [0.25, 0.3) is 0 Å². The maximum atomic E-state index is 12.7. The van der Waals surface area contributed by atoms with Crippen molar-refractivity contribution in [1.29, 1.82) is 0 Å². The zero-order valence-corrected chi connectivity index (χ0v) is 15.7. The Morgan fingerprint density at radius 3 is 2.82 bits per heavy atom. The molecule has 2 aromatic heterocycles. The Kier molecular flexibility index (Phi) is 5.20. The summed E-state index contributed by atoms with van der Waals surface area (Å²) in [6.07, 6.45) is 4.53. The van der Waals surface area contributed by atoms with Crippen molar-refractivity contribution in [3.8, 4) is 11.3 Å². The number of aliphatic hydroxyl groups is 1. The molecule has 0 saturated heterocycles. The largest absolute Gasteiger partial charge is 0.446 e. The van der Waals surface area contributed by atoms with Crippen LogP contribution in [0.4, 0.5) is 19.0 Å². The molecule has 148 valence electrons. The molecular formula is C19H19F3N4OS. The van der Waals surface area contributed by atoms with E-state index < -0.39 is 5.51 Å². The highest BCUT2D eigenvalue weighted by atomic mass is 32.2. The van der Waals surface area contributed by atoms with Gasteiger partial charge in [0.2, 0.25) is 0 Å². The lowest BCUT2D eigenvalue weighted by Gasteiger charge is -2.14. The van der Waals surface area contributed by atoms with Crippen LogP contribution < -0.4 is 5.32 Å². The van der Waals surface area contributed by atoms with Crippen LogP contribution in [0, 0.1) is 5.92 Å². The average molecular weight is 408 g/mol. The molecule has 0 aliphatic heterocycles. The van der Waals surface area contributed by atoms with E-state index in [-0.39, 0.29) is 29.3 Å². The van der Waals surface area contributed by atoms with Crippen LogP contribution in [0.15, 0.2) is 47.5 Å². The molecule has 0 radical (unpaired) electrons. The zero-order valence-electron chi connectivity index (χ0n) is 14.9. The van der Waals surface area contributed by atoms with Crippen molar-refractivity contribution in [2.24, 2.45) is 5.92 Å². The summed E-state index contributed by atoms with van der Waals surface area (Å²) in [5.41, 5.74) is -2.55. The molecule has 2 atom stereocenters. The topological polar surface area (TPSA) is 62.5 Å². The number of hydrogen-bond acceptors (Lipinski definition) is 5. The maximum absolute atomic E-state index is 12.7. The van der Waals surface area contributed by atoms with Gasteiger partial charge in [-0.05, 0) is 55.1 Å². The fraction of sp³-hybridized carbons (Fsp3) is 0.368. The van der Waals surface area contributed by atoms with Crippen LogP contribution in [-0.2, 0) is 0 Å². The van der Waals surface area contributed by atoms with Crippen molar-refractivity contribution in [2.75, 3.05) is 11.9 Å². The van der Waals surface area contributed by atoms with E-state index >= 15 is 0 Å². The first-order chi connectivity index (χ1) is 13.4. The number of fused-ring (bicyclic) bond motifs is 1. The van der Waals surface area contributed by atoms with Gasteiger partial charge in [-0.1, -0.05) is 12.1 Å². The fourth-order valence-corrected chi connectivity index (χ4v) is 4.18. The highest BCUT2D eigenvalue weighted by Gasteiger charge is 2.29. The van der Waals surface area contributed by atoms with E-state index in [0.717, 1.165) is 25.1 Å². The van der Waals surface area contributed by atoms with Gasteiger partial charge in [0, 0.05) is 35.4 Å². The number of rotatable bonds is 5. The second kappa shape index (κ2) is 7.63. The molecular weight excluding hydrogens is 389 g/mol. The van der Waals surface area contributed by atoms with Crippen molar-refractivity contribution in [2.45, 2.75) is 35.7 Å². The molecule has 9 heteroatoms. The minimum Gasteiger partial charge on any atom is -0.396 e. The van der Waals surface area contributed by atoms with Gasteiger partial charge in [-0.2, -0.15) is 22.8 Å². The van der Waals surface area contributed by atoms with Crippen molar-refractivity contribution in [1.82, 2.24) is 14.6 Å². The van der Waals surface area contributed by atoms with E-state index in [9.17, 15) is 18.3 Å². The van der Waals surface area contributed by atoms with Gasteiger partial charge in [-0.15, -0.1) is 0 Å². The third kappa shape index (κ3) is 4.25. The summed E-state index contributed by atoms with van der Waals surface area (Å²) < 4.78 is 39.6. The number of alkyl halides is 3. The number of nitrogens with one attached hydrogen (secondary N) is 1. The van der Waals surface area contributed by atoms with Crippen LogP contribution in [-0.4, -0.2) is 37.9 Å². The highest BCUT2D eigenvalue weighted by Crippen LogP contribution is 2.38. The number of hydrogen-bond donors (Lipinski definition) is 2. The van der Waals surface area contributed by atoms with E-state index in [1.165, 1.54) is 12.1 Å². The van der Waals surface area contributed by atoms with Gasteiger partial charge in [-0.25, -0.2) is 4.98 Å². The Morgan fingerprint density at radius 2 is 2.07 bits per heavy atom. The Labute approximate surface area is 164 Å². The number of nitrogens with zero attached hydrogens (tertiary/aromatic N) is 3. The van der Waals surface area contributed by atoms with E-state index in [4.69, 9.17) is 0 Å². The van der Waals surface area contributed by atoms with Crippen LogP contribution in [0.3, 0.4) is 0 Å². The first-order valence-corrected chi connectivity index (χ1v) is 9.81. The molecule has 1 unspecified atom stereocenters. The average Bonchev–Trinajstić information content (AvgIpc) is 3.27. The fourth-order valence-electron chi connectivity index (χ4n) is 3.58. The SMILES string of the molecule is OC[C@@H]1CCC(Nc2ccnc3cc(-c4cccc(SC(F)(F)F)c4)nn23)C1. The molecule has 2 N–H and O–H groups in total. The smallest absolute Gasteiger partial charge is 0.396 e. The Balaban J connectivity index is 1.61. The Morgan fingerprint density at radius 1 is 1.21 bits per heavy atom. The molecule has 28 heavy (non-hydrogen) atoms. The lowest BCUT2D eigenvalue weighted by atomic mass is 10.1. The number of benzene rings is 1. The predicted molar refractivity (Wildman–Crippen MR) is 102 cm³/mol. The van der Waals surface area contributed by atoms with Crippen molar-refractivity contribution < 1.29 is 18.3 Å². The molecule has 1 aliphatic rings. The van der Waals surface area contributed by atoms with Crippen LogP contribution in [0.25, 0.3) is 16.9 Å². The van der Waals surface area contributed by atoms with E-state index in [1.54, 1.807) is 28.9 Å². The summed E-state index contributed by atoms with van der Waals surface area (Å²) in [6, 6.07) is 10.1. The minimum absolute atomic E-state index is 0.120. The molecule has 0 amide bonds. The molecule has 1 aliphatic carbocycles. The summed E-state index contributed by atoms with van der Waals surface area (Å²) in [6.45, 7) is 0.197.